The van der Waals surface area contributed by atoms with E-state index in [1.54, 1.807) is 0 Å². The summed E-state index contributed by atoms with van der Waals surface area (Å²) in [6.45, 7) is 10.2. The maximum absolute atomic E-state index is 5.55. The van der Waals surface area contributed by atoms with Gasteiger partial charge in [0, 0.05) is 6.54 Å². The Morgan fingerprint density at radius 1 is 1.11 bits per heavy atom. The molecule has 0 unspecified atom stereocenters. The molecule has 19 heavy (non-hydrogen) atoms. The Morgan fingerprint density at radius 2 is 1.74 bits per heavy atom. The maximum atomic E-state index is 5.55. The third-order valence-electron chi connectivity index (χ3n) is 3.78. The average molecular weight is 326 g/mol. The standard InChI is InChI=1S/C16H25NS.Cu/c1-16(2,3)14-8-7-13(15(18)11-14)12-17-9-5-4-6-10-17;/h7-8,11,18H,4-6,9-10,12H2,1-3H3;/q;+1/p-1. The van der Waals surface area contributed by atoms with Crippen molar-refractivity contribution in [1.82, 2.24) is 4.90 Å². The number of likely N-dealkylation sites (tertiary alicyclic amines) is 1. The summed E-state index contributed by atoms with van der Waals surface area (Å²) in [5, 5.41) is 0. The van der Waals surface area contributed by atoms with E-state index in [1.807, 2.05) is 0 Å². The van der Waals surface area contributed by atoms with Crippen LogP contribution in [0.2, 0.25) is 0 Å². The van der Waals surface area contributed by atoms with Crippen LogP contribution in [0.1, 0.15) is 51.2 Å². The van der Waals surface area contributed by atoms with Crippen LogP contribution in [0.15, 0.2) is 23.1 Å². The minimum absolute atomic E-state index is 0. The van der Waals surface area contributed by atoms with Gasteiger partial charge in [-0.2, -0.15) is 4.90 Å². The molecule has 110 valence electrons. The zero-order valence-electron chi connectivity index (χ0n) is 12.1. The molecule has 0 aliphatic carbocycles. The summed E-state index contributed by atoms with van der Waals surface area (Å²) in [5.74, 6) is 0. The second-order valence-electron chi connectivity index (χ2n) is 6.41. The first-order valence-corrected chi connectivity index (χ1v) is 7.40. The smallest absolute Gasteiger partial charge is 0.779 e. The predicted molar refractivity (Wildman–Crippen MR) is 79.9 cm³/mol. The van der Waals surface area contributed by atoms with Crippen molar-refractivity contribution < 1.29 is 17.1 Å². The number of nitrogens with zero attached hydrogens (tertiary/aromatic N) is 1. The summed E-state index contributed by atoms with van der Waals surface area (Å²) < 4.78 is 0. The van der Waals surface area contributed by atoms with Gasteiger partial charge in [-0.1, -0.05) is 51.0 Å². The number of hydrogen-bond donors (Lipinski definition) is 0. The van der Waals surface area contributed by atoms with Crippen molar-refractivity contribution in [3.8, 4) is 0 Å². The minimum Gasteiger partial charge on any atom is -0.779 e. The topological polar surface area (TPSA) is 3.24 Å². The van der Waals surface area contributed by atoms with Gasteiger partial charge in [-0.05, 0) is 36.9 Å². The molecule has 1 heterocycles. The zero-order chi connectivity index (χ0) is 13.2. The Labute approximate surface area is 134 Å². The van der Waals surface area contributed by atoms with Crippen molar-refractivity contribution in [2.75, 3.05) is 13.1 Å². The van der Waals surface area contributed by atoms with Crippen molar-refractivity contribution in [1.29, 1.82) is 0 Å². The molecule has 1 fully saturated rings. The fourth-order valence-corrected chi connectivity index (χ4v) is 2.77. The molecule has 1 nitrogen and oxygen atoms in total. The van der Waals surface area contributed by atoms with E-state index in [-0.39, 0.29) is 22.5 Å². The number of benzene rings is 1. The molecule has 0 bridgehead atoms. The summed E-state index contributed by atoms with van der Waals surface area (Å²) in [6.07, 6.45) is 4.07. The van der Waals surface area contributed by atoms with E-state index in [1.165, 1.54) is 43.5 Å². The van der Waals surface area contributed by atoms with Gasteiger partial charge >= 0.3 is 17.1 Å². The normalized spacial score (nSPS) is 17.0. The minimum atomic E-state index is 0. The van der Waals surface area contributed by atoms with E-state index in [0.29, 0.717) is 0 Å². The summed E-state index contributed by atoms with van der Waals surface area (Å²) >= 11 is 5.55. The molecular formula is C16H24CuNS. The fraction of sp³-hybridized carbons (Fsp3) is 0.625. The molecule has 0 N–H and O–H groups in total. The van der Waals surface area contributed by atoms with Crippen LogP contribution in [-0.2, 0) is 41.7 Å². The molecule has 0 amide bonds. The van der Waals surface area contributed by atoms with Crippen molar-refractivity contribution in [2.45, 2.75) is 56.9 Å². The van der Waals surface area contributed by atoms with Gasteiger partial charge in [-0.3, -0.25) is 4.90 Å². The van der Waals surface area contributed by atoms with Gasteiger partial charge in [0.1, 0.15) is 0 Å². The molecule has 3 heteroatoms. The van der Waals surface area contributed by atoms with Crippen LogP contribution in [0.4, 0.5) is 0 Å². The van der Waals surface area contributed by atoms with Crippen LogP contribution < -0.4 is 0 Å². The third-order valence-corrected chi connectivity index (χ3v) is 4.16. The van der Waals surface area contributed by atoms with Crippen molar-refractivity contribution >= 4 is 12.6 Å². The van der Waals surface area contributed by atoms with E-state index < -0.39 is 0 Å². The van der Waals surface area contributed by atoms with Crippen molar-refractivity contribution in [2.24, 2.45) is 0 Å². The molecule has 0 atom stereocenters. The summed E-state index contributed by atoms with van der Waals surface area (Å²) in [7, 11) is 0. The molecule has 0 aromatic heterocycles. The Morgan fingerprint density at radius 3 is 2.26 bits per heavy atom. The van der Waals surface area contributed by atoms with Crippen LogP contribution in [0.3, 0.4) is 0 Å². The van der Waals surface area contributed by atoms with Gasteiger partial charge < -0.3 is 12.6 Å². The SMILES string of the molecule is CC(C)(C)c1ccc(CN2CCCCC2)c([S-])c1.[Cu+]. The zero-order valence-corrected chi connectivity index (χ0v) is 13.9. The Balaban J connectivity index is 0.00000180. The maximum Gasteiger partial charge on any atom is 1.00 e. The molecule has 0 saturated carbocycles. The molecule has 1 aromatic carbocycles. The number of hydrogen-bond acceptors (Lipinski definition) is 2. The number of rotatable bonds is 2. The molecule has 1 aromatic rings. The monoisotopic (exact) mass is 325 g/mol. The molecule has 0 radical (unpaired) electrons. The van der Waals surface area contributed by atoms with Crippen LogP contribution in [0.5, 0.6) is 0 Å². The summed E-state index contributed by atoms with van der Waals surface area (Å²) in [6, 6.07) is 6.67. The molecular weight excluding hydrogens is 302 g/mol. The second-order valence-corrected chi connectivity index (χ2v) is 6.85. The third kappa shape index (κ3) is 4.75. The van der Waals surface area contributed by atoms with Crippen LogP contribution >= 0.6 is 0 Å². The van der Waals surface area contributed by atoms with E-state index in [9.17, 15) is 0 Å². The van der Waals surface area contributed by atoms with Crippen LogP contribution in [0, 0.1) is 0 Å². The fourth-order valence-electron chi connectivity index (χ4n) is 2.51. The van der Waals surface area contributed by atoms with E-state index in [4.69, 9.17) is 12.6 Å². The predicted octanol–water partition coefficient (Wildman–Crippen LogP) is 3.87. The molecule has 2 rings (SSSR count). The first-order valence-electron chi connectivity index (χ1n) is 6.99. The first kappa shape index (κ1) is 17.0. The van der Waals surface area contributed by atoms with Gasteiger partial charge in [-0.25, -0.2) is 0 Å². The molecule has 0 spiro atoms. The Kier molecular flexibility index (Phi) is 6.32. The van der Waals surface area contributed by atoms with Gasteiger partial charge in [0.25, 0.3) is 0 Å². The quantitative estimate of drug-likeness (QED) is 0.600. The summed E-state index contributed by atoms with van der Waals surface area (Å²) in [4.78, 5) is 3.57. The van der Waals surface area contributed by atoms with Gasteiger partial charge in [0.2, 0.25) is 0 Å². The molecule has 1 aliphatic rings. The Bertz CT molecular complexity index is 406. The van der Waals surface area contributed by atoms with Gasteiger partial charge in [0.15, 0.2) is 0 Å². The number of piperidine rings is 1. The van der Waals surface area contributed by atoms with Crippen LogP contribution in [-0.4, -0.2) is 18.0 Å². The largest absolute Gasteiger partial charge is 1.00 e. The van der Waals surface area contributed by atoms with E-state index in [0.717, 1.165) is 11.4 Å². The van der Waals surface area contributed by atoms with Crippen molar-refractivity contribution in [3.05, 3.63) is 29.3 Å². The summed E-state index contributed by atoms with van der Waals surface area (Å²) in [5.41, 5.74) is 2.85. The average Bonchev–Trinajstić information content (AvgIpc) is 2.32. The van der Waals surface area contributed by atoms with Gasteiger partial charge in [0.05, 0.1) is 0 Å². The van der Waals surface area contributed by atoms with Crippen molar-refractivity contribution in [3.63, 3.8) is 0 Å². The van der Waals surface area contributed by atoms with Crippen LogP contribution in [0.25, 0.3) is 0 Å². The van der Waals surface area contributed by atoms with E-state index >= 15 is 0 Å². The van der Waals surface area contributed by atoms with E-state index in [2.05, 4.69) is 43.9 Å². The first-order chi connectivity index (χ1) is 8.47. The molecule has 1 aliphatic heterocycles. The Hall–Kier alpha value is -0.0805. The second kappa shape index (κ2) is 7.08. The molecule has 1 saturated heterocycles. The van der Waals surface area contributed by atoms with Gasteiger partial charge in [-0.15, -0.1) is 0 Å².